The SMILES string of the molecule is CCCNC(=O)[C@H](Cc1ccccc1)N(Cc1ccc(C)cc1)C(=O)COc1ccc(C(C)C)cc1. The van der Waals surface area contributed by atoms with E-state index in [0.29, 0.717) is 31.2 Å². The van der Waals surface area contributed by atoms with Gasteiger partial charge in [-0.05, 0) is 48.1 Å². The number of nitrogens with one attached hydrogen (secondary N) is 1. The number of ether oxygens (including phenoxy) is 1. The van der Waals surface area contributed by atoms with E-state index < -0.39 is 6.04 Å². The molecule has 3 rings (SSSR count). The smallest absolute Gasteiger partial charge is 0.261 e. The van der Waals surface area contributed by atoms with Crippen molar-refractivity contribution in [3.8, 4) is 5.75 Å². The lowest BCUT2D eigenvalue weighted by atomic mass is 10.0. The van der Waals surface area contributed by atoms with Crippen LogP contribution in [0.5, 0.6) is 5.75 Å². The minimum Gasteiger partial charge on any atom is -0.484 e. The fraction of sp³-hybridized carbons (Fsp3) is 0.355. The molecule has 0 saturated heterocycles. The Hall–Kier alpha value is -3.60. The van der Waals surface area contributed by atoms with Gasteiger partial charge < -0.3 is 15.0 Å². The van der Waals surface area contributed by atoms with Crippen molar-refractivity contribution in [2.45, 2.75) is 59.0 Å². The summed E-state index contributed by atoms with van der Waals surface area (Å²) in [5, 5.41) is 3.00. The molecular weight excluding hydrogens is 448 g/mol. The van der Waals surface area contributed by atoms with Crippen LogP contribution in [0.15, 0.2) is 78.9 Å². The number of benzene rings is 3. The molecule has 5 nitrogen and oxygen atoms in total. The van der Waals surface area contributed by atoms with Crippen LogP contribution in [0.4, 0.5) is 0 Å². The first-order valence-corrected chi connectivity index (χ1v) is 12.8. The number of carbonyl (C=O) groups excluding carboxylic acids is 2. The Morgan fingerprint density at radius 2 is 1.56 bits per heavy atom. The molecule has 0 aliphatic heterocycles. The molecular formula is C31H38N2O3. The summed E-state index contributed by atoms with van der Waals surface area (Å²) in [6.45, 7) is 9.07. The molecule has 36 heavy (non-hydrogen) atoms. The average molecular weight is 487 g/mol. The van der Waals surface area contributed by atoms with E-state index in [1.165, 1.54) is 5.56 Å². The van der Waals surface area contributed by atoms with Crippen molar-refractivity contribution in [2.24, 2.45) is 0 Å². The number of carbonyl (C=O) groups is 2. The van der Waals surface area contributed by atoms with E-state index in [0.717, 1.165) is 23.1 Å². The van der Waals surface area contributed by atoms with Gasteiger partial charge in [-0.25, -0.2) is 0 Å². The summed E-state index contributed by atoms with van der Waals surface area (Å²) in [5.74, 6) is 0.683. The first-order chi connectivity index (χ1) is 17.4. The van der Waals surface area contributed by atoms with Gasteiger partial charge in [0.05, 0.1) is 0 Å². The summed E-state index contributed by atoms with van der Waals surface area (Å²) in [4.78, 5) is 28.6. The van der Waals surface area contributed by atoms with E-state index in [2.05, 4.69) is 19.2 Å². The molecule has 0 fully saturated rings. The van der Waals surface area contributed by atoms with Crippen molar-refractivity contribution in [1.29, 1.82) is 0 Å². The zero-order valence-electron chi connectivity index (χ0n) is 21.9. The fourth-order valence-corrected chi connectivity index (χ4v) is 3.99. The van der Waals surface area contributed by atoms with Gasteiger partial charge in [0.15, 0.2) is 6.61 Å². The van der Waals surface area contributed by atoms with Gasteiger partial charge in [-0.1, -0.05) is 93.1 Å². The molecule has 0 spiro atoms. The van der Waals surface area contributed by atoms with E-state index in [-0.39, 0.29) is 18.4 Å². The van der Waals surface area contributed by atoms with Gasteiger partial charge in [-0.3, -0.25) is 9.59 Å². The summed E-state index contributed by atoms with van der Waals surface area (Å²) >= 11 is 0. The maximum atomic E-state index is 13.6. The van der Waals surface area contributed by atoms with Crippen molar-refractivity contribution >= 4 is 11.8 Å². The van der Waals surface area contributed by atoms with Crippen LogP contribution in [0.25, 0.3) is 0 Å². The third kappa shape index (κ3) is 7.98. The highest BCUT2D eigenvalue weighted by molar-refractivity contribution is 5.88. The highest BCUT2D eigenvalue weighted by Crippen LogP contribution is 2.20. The second kappa shape index (κ2) is 13.5. The lowest BCUT2D eigenvalue weighted by Crippen LogP contribution is -2.51. The van der Waals surface area contributed by atoms with E-state index in [1.54, 1.807) is 4.90 Å². The average Bonchev–Trinajstić information content (AvgIpc) is 2.89. The molecule has 5 heteroatoms. The summed E-state index contributed by atoms with van der Waals surface area (Å²) in [6, 6.07) is 25.0. The number of hydrogen-bond acceptors (Lipinski definition) is 3. The fourth-order valence-electron chi connectivity index (χ4n) is 3.99. The zero-order valence-corrected chi connectivity index (χ0v) is 21.9. The normalized spacial score (nSPS) is 11.7. The molecule has 0 saturated carbocycles. The van der Waals surface area contributed by atoms with Gasteiger partial charge in [0, 0.05) is 19.5 Å². The van der Waals surface area contributed by atoms with Crippen LogP contribution in [0, 0.1) is 6.92 Å². The Morgan fingerprint density at radius 1 is 0.889 bits per heavy atom. The van der Waals surface area contributed by atoms with Gasteiger partial charge in [0.2, 0.25) is 5.91 Å². The Kier molecular flexibility index (Phi) is 10.1. The number of aryl methyl sites for hydroxylation is 1. The van der Waals surface area contributed by atoms with Crippen LogP contribution in [0.1, 0.15) is 55.4 Å². The van der Waals surface area contributed by atoms with Crippen LogP contribution in [-0.2, 0) is 22.6 Å². The molecule has 1 N–H and O–H groups in total. The Labute approximate surface area is 215 Å². The van der Waals surface area contributed by atoms with E-state index >= 15 is 0 Å². The van der Waals surface area contributed by atoms with Gasteiger partial charge in [0.25, 0.3) is 5.91 Å². The summed E-state index contributed by atoms with van der Waals surface area (Å²) in [5.41, 5.74) is 4.33. The molecule has 0 aliphatic carbocycles. The van der Waals surface area contributed by atoms with Crippen molar-refractivity contribution in [3.05, 3.63) is 101 Å². The third-order valence-electron chi connectivity index (χ3n) is 6.20. The maximum absolute atomic E-state index is 13.6. The Balaban J connectivity index is 1.85. The predicted molar refractivity (Wildman–Crippen MR) is 145 cm³/mol. The number of amides is 2. The van der Waals surface area contributed by atoms with Crippen molar-refractivity contribution in [3.63, 3.8) is 0 Å². The van der Waals surface area contributed by atoms with Gasteiger partial charge in [-0.15, -0.1) is 0 Å². The van der Waals surface area contributed by atoms with Crippen LogP contribution in [0.2, 0.25) is 0 Å². The Bertz CT molecular complexity index is 1090. The monoisotopic (exact) mass is 486 g/mol. The number of hydrogen-bond donors (Lipinski definition) is 1. The standard InChI is InChI=1S/C31H38N2O3/c1-5-19-32-31(35)29(20-25-9-7-6-8-10-25)33(21-26-13-11-24(4)12-14-26)30(34)22-36-28-17-15-27(16-18-28)23(2)3/h6-18,23,29H,5,19-22H2,1-4H3,(H,32,35)/t29-/m0/s1. The van der Waals surface area contributed by atoms with Crippen molar-refractivity contribution in [2.75, 3.05) is 13.2 Å². The van der Waals surface area contributed by atoms with Gasteiger partial charge in [-0.2, -0.15) is 0 Å². The second-order valence-electron chi connectivity index (χ2n) is 9.52. The molecule has 0 unspecified atom stereocenters. The van der Waals surface area contributed by atoms with E-state index in [9.17, 15) is 9.59 Å². The lowest BCUT2D eigenvalue weighted by Gasteiger charge is -2.31. The maximum Gasteiger partial charge on any atom is 0.261 e. The summed E-state index contributed by atoms with van der Waals surface area (Å²) in [6.07, 6.45) is 1.25. The minimum absolute atomic E-state index is 0.140. The third-order valence-corrected chi connectivity index (χ3v) is 6.20. The second-order valence-corrected chi connectivity index (χ2v) is 9.52. The number of nitrogens with zero attached hydrogens (tertiary/aromatic N) is 1. The van der Waals surface area contributed by atoms with Crippen LogP contribution < -0.4 is 10.1 Å². The number of rotatable bonds is 12. The molecule has 0 heterocycles. The Morgan fingerprint density at radius 3 is 2.17 bits per heavy atom. The van der Waals surface area contributed by atoms with Gasteiger partial charge in [0.1, 0.15) is 11.8 Å². The molecule has 1 atom stereocenters. The van der Waals surface area contributed by atoms with Crippen molar-refractivity contribution < 1.29 is 14.3 Å². The first-order valence-electron chi connectivity index (χ1n) is 12.8. The van der Waals surface area contributed by atoms with Crippen LogP contribution >= 0.6 is 0 Å². The molecule has 0 aliphatic rings. The molecule has 0 aromatic heterocycles. The van der Waals surface area contributed by atoms with Crippen LogP contribution in [-0.4, -0.2) is 35.9 Å². The quantitative estimate of drug-likeness (QED) is 0.359. The molecule has 3 aromatic carbocycles. The zero-order chi connectivity index (χ0) is 25.9. The highest BCUT2D eigenvalue weighted by Gasteiger charge is 2.30. The largest absolute Gasteiger partial charge is 0.484 e. The minimum atomic E-state index is -0.653. The molecule has 190 valence electrons. The highest BCUT2D eigenvalue weighted by atomic mass is 16.5. The first kappa shape index (κ1) is 27.0. The summed E-state index contributed by atoms with van der Waals surface area (Å²) < 4.78 is 5.88. The van der Waals surface area contributed by atoms with E-state index in [1.807, 2.05) is 92.7 Å². The molecule has 0 bridgehead atoms. The van der Waals surface area contributed by atoms with Gasteiger partial charge >= 0.3 is 0 Å². The topological polar surface area (TPSA) is 58.6 Å². The molecule has 3 aromatic rings. The lowest BCUT2D eigenvalue weighted by molar-refractivity contribution is -0.142. The summed E-state index contributed by atoms with van der Waals surface area (Å²) in [7, 11) is 0. The molecule has 2 amide bonds. The molecule has 0 radical (unpaired) electrons. The van der Waals surface area contributed by atoms with Crippen LogP contribution in [0.3, 0.4) is 0 Å². The van der Waals surface area contributed by atoms with E-state index in [4.69, 9.17) is 4.74 Å². The predicted octanol–water partition coefficient (Wildman–Crippen LogP) is 5.66. The van der Waals surface area contributed by atoms with Crippen molar-refractivity contribution in [1.82, 2.24) is 10.2 Å².